The molecule has 2 aliphatic heterocycles. The maximum atomic E-state index is 14.9. The molecule has 214 valence electrons. The molecular formula is C31H45FN4O3. The number of aryl methyl sites for hydroxylation is 2. The first kappa shape index (κ1) is 29.3. The van der Waals surface area contributed by atoms with Crippen molar-refractivity contribution >= 4 is 11.8 Å². The van der Waals surface area contributed by atoms with Gasteiger partial charge in [-0.25, -0.2) is 9.37 Å². The molecule has 0 radical (unpaired) electrons. The van der Waals surface area contributed by atoms with E-state index in [9.17, 15) is 14.3 Å². The highest BCUT2D eigenvalue weighted by Crippen LogP contribution is 2.37. The largest absolute Gasteiger partial charge is 0.493 e. The van der Waals surface area contributed by atoms with Crippen molar-refractivity contribution in [1.29, 1.82) is 0 Å². The minimum atomic E-state index is -0.976. The SMILES string of the molecule is COc1c(F)cc(C(C)C)cc1[C@H](C(=O)O)N1CC[C@@H](N(C)[C@H](C)CCCCc2ccc3c(n2)NCCC3)C1. The number of hydrogen-bond donors (Lipinski definition) is 2. The number of likely N-dealkylation sites (N-methyl/N-ethyl adjacent to an activating group) is 1. The van der Waals surface area contributed by atoms with Gasteiger partial charge in [-0.3, -0.25) is 14.6 Å². The van der Waals surface area contributed by atoms with Crippen molar-refractivity contribution in [2.45, 2.75) is 89.8 Å². The van der Waals surface area contributed by atoms with Gasteiger partial charge in [0.25, 0.3) is 0 Å². The third kappa shape index (κ3) is 6.90. The van der Waals surface area contributed by atoms with E-state index in [-0.39, 0.29) is 17.7 Å². The van der Waals surface area contributed by atoms with Crippen LogP contribution in [-0.2, 0) is 17.6 Å². The highest BCUT2D eigenvalue weighted by Gasteiger charge is 2.38. The number of hydrogen-bond acceptors (Lipinski definition) is 6. The first-order valence-electron chi connectivity index (χ1n) is 14.5. The van der Waals surface area contributed by atoms with Crippen LogP contribution in [0.5, 0.6) is 5.75 Å². The molecule has 1 saturated heterocycles. The highest BCUT2D eigenvalue weighted by atomic mass is 19.1. The summed E-state index contributed by atoms with van der Waals surface area (Å²) in [5.41, 5.74) is 3.66. The number of anilines is 1. The molecule has 2 aromatic rings. The lowest BCUT2D eigenvalue weighted by Crippen LogP contribution is -2.41. The zero-order valence-corrected chi connectivity index (χ0v) is 24.2. The summed E-state index contributed by atoms with van der Waals surface area (Å²) in [5, 5.41) is 13.6. The standard InChI is InChI=1S/C31H45FN4O3/c1-20(2)23-17-26(29(39-5)27(32)18-23)28(31(37)38)36-16-14-25(19-36)35(4)21(3)9-6-7-11-24-13-12-22-10-8-15-33-30(22)34-24/h12-13,17-18,20-21,25,28H,6-11,14-16,19H2,1-5H3,(H,33,34)(H,37,38)/t21-,25-,28-/m1/s1. The zero-order valence-electron chi connectivity index (χ0n) is 24.2. The van der Waals surface area contributed by atoms with Gasteiger partial charge < -0.3 is 15.2 Å². The molecule has 8 heteroatoms. The number of methoxy groups -OCH3 is 1. The second-order valence-electron chi connectivity index (χ2n) is 11.6. The molecule has 39 heavy (non-hydrogen) atoms. The van der Waals surface area contributed by atoms with Crippen molar-refractivity contribution < 1.29 is 19.0 Å². The van der Waals surface area contributed by atoms with Crippen molar-refractivity contribution in [1.82, 2.24) is 14.8 Å². The smallest absolute Gasteiger partial charge is 0.325 e. The maximum Gasteiger partial charge on any atom is 0.325 e. The molecule has 7 nitrogen and oxygen atoms in total. The topological polar surface area (TPSA) is 77.9 Å². The van der Waals surface area contributed by atoms with E-state index in [0.29, 0.717) is 24.7 Å². The molecule has 1 aromatic heterocycles. The first-order chi connectivity index (χ1) is 18.7. The van der Waals surface area contributed by atoms with Gasteiger partial charge in [-0.1, -0.05) is 26.3 Å². The van der Waals surface area contributed by atoms with Crippen LogP contribution in [0.2, 0.25) is 0 Å². The van der Waals surface area contributed by atoms with E-state index in [1.807, 2.05) is 18.7 Å². The predicted octanol–water partition coefficient (Wildman–Crippen LogP) is 5.64. The highest BCUT2D eigenvalue weighted by molar-refractivity contribution is 5.77. The van der Waals surface area contributed by atoms with E-state index in [1.165, 1.54) is 25.2 Å². The Bertz CT molecular complexity index is 1140. The molecule has 0 spiro atoms. The number of aliphatic carboxylic acids is 1. The number of carboxylic acid groups (broad SMARTS) is 1. The van der Waals surface area contributed by atoms with E-state index in [0.717, 1.165) is 62.1 Å². The number of nitrogens with zero attached hydrogens (tertiary/aromatic N) is 3. The van der Waals surface area contributed by atoms with Crippen LogP contribution in [0, 0.1) is 5.82 Å². The number of nitrogens with one attached hydrogen (secondary N) is 1. The predicted molar refractivity (Wildman–Crippen MR) is 153 cm³/mol. The average Bonchev–Trinajstić information content (AvgIpc) is 3.39. The van der Waals surface area contributed by atoms with E-state index in [1.54, 1.807) is 6.07 Å². The van der Waals surface area contributed by atoms with Gasteiger partial charge in [0.05, 0.1) is 7.11 Å². The molecule has 0 amide bonds. The summed E-state index contributed by atoms with van der Waals surface area (Å²) in [4.78, 5) is 21.7. The minimum absolute atomic E-state index is 0.0289. The summed E-state index contributed by atoms with van der Waals surface area (Å²) in [6.45, 7) is 8.48. The van der Waals surface area contributed by atoms with Gasteiger partial charge in [0.1, 0.15) is 11.9 Å². The van der Waals surface area contributed by atoms with Crippen molar-refractivity contribution in [2.75, 3.05) is 39.1 Å². The number of rotatable bonds is 12. The van der Waals surface area contributed by atoms with Gasteiger partial charge in [-0.15, -0.1) is 0 Å². The Morgan fingerprint density at radius 2 is 2.08 bits per heavy atom. The number of pyridine rings is 1. The lowest BCUT2D eigenvalue weighted by molar-refractivity contribution is -0.143. The van der Waals surface area contributed by atoms with Gasteiger partial charge in [-0.05, 0) is 87.7 Å². The van der Waals surface area contributed by atoms with Gasteiger partial charge in [-0.2, -0.15) is 0 Å². The molecule has 0 aliphatic carbocycles. The second-order valence-corrected chi connectivity index (χ2v) is 11.6. The number of aromatic nitrogens is 1. The number of carbonyl (C=O) groups is 1. The molecule has 0 saturated carbocycles. The Labute approximate surface area is 232 Å². The van der Waals surface area contributed by atoms with Crippen LogP contribution in [0.1, 0.15) is 87.2 Å². The van der Waals surface area contributed by atoms with Crippen LogP contribution in [0.3, 0.4) is 0 Å². The van der Waals surface area contributed by atoms with Crippen LogP contribution >= 0.6 is 0 Å². The lowest BCUT2D eigenvalue weighted by Gasteiger charge is -2.32. The van der Waals surface area contributed by atoms with Gasteiger partial charge >= 0.3 is 5.97 Å². The van der Waals surface area contributed by atoms with E-state index in [4.69, 9.17) is 9.72 Å². The van der Waals surface area contributed by atoms with Gasteiger partial charge in [0, 0.05) is 43.0 Å². The van der Waals surface area contributed by atoms with Gasteiger partial charge in [0.2, 0.25) is 0 Å². The van der Waals surface area contributed by atoms with Gasteiger partial charge in [0.15, 0.2) is 11.6 Å². The summed E-state index contributed by atoms with van der Waals surface area (Å²) >= 11 is 0. The number of unbranched alkanes of at least 4 members (excludes halogenated alkanes) is 1. The number of ether oxygens (including phenoxy) is 1. The molecule has 1 aromatic carbocycles. The number of carboxylic acids is 1. The Morgan fingerprint density at radius 1 is 1.28 bits per heavy atom. The fraction of sp³-hybridized carbons (Fsp3) is 0.613. The summed E-state index contributed by atoms with van der Waals surface area (Å²) in [6.07, 6.45) is 7.44. The molecule has 2 N–H and O–H groups in total. The third-order valence-electron chi connectivity index (χ3n) is 8.58. The van der Waals surface area contributed by atoms with Crippen LogP contribution in [0.4, 0.5) is 10.2 Å². The molecule has 3 heterocycles. The summed E-state index contributed by atoms with van der Waals surface area (Å²) < 4.78 is 20.2. The molecule has 1 fully saturated rings. The molecule has 0 bridgehead atoms. The molecule has 4 rings (SSSR count). The summed E-state index contributed by atoms with van der Waals surface area (Å²) in [5.74, 6) is -0.310. The Morgan fingerprint density at radius 3 is 2.79 bits per heavy atom. The van der Waals surface area contributed by atoms with E-state index >= 15 is 0 Å². The second kappa shape index (κ2) is 13.1. The molecule has 0 unspecified atom stereocenters. The fourth-order valence-electron chi connectivity index (χ4n) is 6.03. The summed E-state index contributed by atoms with van der Waals surface area (Å²) in [7, 11) is 3.54. The number of halogens is 1. The number of fused-ring (bicyclic) bond motifs is 1. The zero-order chi connectivity index (χ0) is 28.1. The first-order valence-corrected chi connectivity index (χ1v) is 14.5. The number of likely N-dealkylation sites (tertiary alicyclic amines) is 1. The van der Waals surface area contributed by atoms with Crippen molar-refractivity contribution in [3.05, 3.63) is 52.5 Å². The average molecular weight is 541 g/mol. The van der Waals surface area contributed by atoms with Crippen LogP contribution < -0.4 is 10.1 Å². The summed E-state index contributed by atoms with van der Waals surface area (Å²) in [6, 6.07) is 7.34. The maximum absolute atomic E-state index is 14.9. The van der Waals surface area contributed by atoms with E-state index in [2.05, 4.69) is 36.3 Å². The third-order valence-corrected chi connectivity index (χ3v) is 8.58. The Kier molecular flexibility index (Phi) is 9.83. The van der Waals surface area contributed by atoms with Crippen LogP contribution in [-0.4, -0.2) is 71.7 Å². The van der Waals surface area contributed by atoms with Crippen molar-refractivity contribution in [2.24, 2.45) is 0 Å². The fourth-order valence-corrected chi connectivity index (χ4v) is 6.03. The lowest BCUT2D eigenvalue weighted by atomic mass is 9.95. The number of benzene rings is 1. The Hall–Kier alpha value is -2.71. The van der Waals surface area contributed by atoms with Crippen LogP contribution in [0.15, 0.2) is 24.3 Å². The van der Waals surface area contributed by atoms with Crippen molar-refractivity contribution in [3.8, 4) is 5.75 Å². The minimum Gasteiger partial charge on any atom is -0.493 e. The molecular weight excluding hydrogens is 495 g/mol. The quantitative estimate of drug-likeness (QED) is 0.337. The molecule has 2 aliphatic rings. The normalized spacial score (nSPS) is 19.1. The van der Waals surface area contributed by atoms with Crippen molar-refractivity contribution in [3.63, 3.8) is 0 Å². The monoisotopic (exact) mass is 540 g/mol. The Balaban J connectivity index is 1.33. The van der Waals surface area contributed by atoms with Crippen LogP contribution in [0.25, 0.3) is 0 Å². The molecule has 3 atom stereocenters. The van der Waals surface area contributed by atoms with E-state index < -0.39 is 17.8 Å².